The van der Waals surface area contributed by atoms with E-state index in [1.54, 1.807) is 17.4 Å². The van der Waals surface area contributed by atoms with Crippen molar-refractivity contribution < 1.29 is 9.90 Å². The molecule has 1 heterocycles. The van der Waals surface area contributed by atoms with Gasteiger partial charge in [0.25, 0.3) is 0 Å². The molecule has 0 fully saturated rings. The molecule has 0 saturated carbocycles. The smallest absolute Gasteiger partial charge is 0.228 e. The van der Waals surface area contributed by atoms with E-state index in [1.165, 1.54) is 0 Å². The van der Waals surface area contributed by atoms with Gasteiger partial charge in [0.1, 0.15) is 0 Å². The van der Waals surface area contributed by atoms with Gasteiger partial charge in [-0.25, -0.2) is 0 Å². The van der Waals surface area contributed by atoms with E-state index in [2.05, 4.69) is 5.32 Å². The van der Waals surface area contributed by atoms with Crippen LogP contribution in [0.5, 0.6) is 0 Å². The Morgan fingerprint density at radius 2 is 2.18 bits per heavy atom. The maximum atomic E-state index is 11.7. The lowest BCUT2D eigenvalue weighted by atomic mass is 10.2. The van der Waals surface area contributed by atoms with E-state index in [-0.39, 0.29) is 12.5 Å². The van der Waals surface area contributed by atoms with E-state index >= 15 is 0 Å². The molecule has 2 aromatic rings. The molecule has 0 radical (unpaired) electrons. The molecule has 1 amide bonds. The van der Waals surface area contributed by atoms with Gasteiger partial charge in [0.2, 0.25) is 5.91 Å². The Hall–Kier alpha value is -1.65. The summed E-state index contributed by atoms with van der Waals surface area (Å²) in [6.45, 7) is -0.0196. The second kappa shape index (κ2) is 5.61. The third-order valence-electron chi connectivity index (χ3n) is 2.34. The van der Waals surface area contributed by atoms with Crippen LogP contribution in [-0.4, -0.2) is 11.0 Å². The number of amides is 1. The summed E-state index contributed by atoms with van der Waals surface area (Å²) in [5, 5.41) is 15.7. The minimum absolute atomic E-state index is 0.0196. The number of aliphatic hydroxyl groups excluding tert-OH is 1. The second-order valence-corrected chi connectivity index (χ2v) is 4.50. The Kier molecular flexibility index (Phi) is 3.90. The quantitative estimate of drug-likeness (QED) is 0.871. The Morgan fingerprint density at radius 1 is 1.29 bits per heavy atom. The summed E-state index contributed by atoms with van der Waals surface area (Å²) in [5.74, 6) is -0.0431. The van der Waals surface area contributed by atoms with Crippen LogP contribution in [0.15, 0.2) is 41.1 Å². The summed E-state index contributed by atoms with van der Waals surface area (Å²) in [5.41, 5.74) is 2.53. The lowest BCUT2D eigenvalue weighted by Gasteiger charge is -2.05. The first kappa shape index (κ1) is 11.8. The molecule has 0 aliphatic heterocycles. The van der Waals surface area contributed by atoms with Crippen LogP contribution in [0.1, 0.15) is 11.1 Å². The van der Waals surface area contributed by atoms with Crippen molar-refractivity contribution in [2.24, 2.45) is 0 Å². The predicted octanol–water partition coefficient (Wildman–Crippen LogP) is 2.42. The van der Waals surface area contributed by atoms with Crippen molar-refractivity contribution in [3.63, 3.8) is 0 Å². The zero-order chi connectivity index (χ0) is 12.1. The molecule has 0 aliphatic carbocycles. The molecule has 4 heteroatoms. The van der Waals surface area contributed by atoms with Crippen LogP contribution in [0.3, 0.4) is 0 Å². The van der Waals surface area contributed by atoms with Gasteiger partial charge in [-0.1, -0.05) is 12.1 Å². The maximum Gasteiger partial charge on any atom is 0.228 e. The second-order valence-electron chi connectivity index (χ2n) is 3.72. The van der Waals surface area contributed by atoms with Crippen LogP contribution < -0.4 is 5.32 Å². The zero-order valence-electron chi connectivity index (χ0n) is 9.22. The molecule has 0 saturated heterocycles. The lowest BCUT2D eigenvalue weighted by Crippen LogP contribution is -2.14. The van der Waals surface area contributed by atoms with Crippen molar-refractivity contribution in [3.05, 3.63) is 52.2 Å². The number of rotatable bonds is 4. The molecule has 1 aromatic heterocycles. The van der Waals surface area contributed by atoms with Crippen molar-refractivity contribution >= 4 is 22.9 Å². The van der Waals surface area contributed by atoms with Crippen LogP contribution >= 0.6 is 11.3 Å². The standard InChI is InChI=1S/C13H13NO2S/c15-8-10-2-1-3-12(6-10)14-13(16)7-11-4-5-17-9-11/h1-6,9,15H,7-8H2,(H,14,16). The minimum atomic E-state index is -0.0431. The molecule has 0 unspecified atom stereocenters. The largest absolute Gasteiger partial charge is 0.392 e. The molecule has 88 valence electrons. The van der Waals surface area contributed by atoms with Gasteiger partial charge in [-0.3, -0.25) is 4.79 Å². The Labute approximate surface area is 104 Å². The van der Waals surface area contributed by atoms with E-state index in [9.17, 15) is 4.79 Å². The highest BCUT2D eigenvalue weighted by atomic mass is 32.1. The summed E-state index contributed by atoms with van der Waals surface area (Å²) < 4.78 is 0. The SMILES string of the molecule is O=C(Cc1ccsc1)Nc1cccc(CO)c1. The van der Waals surface area contributed by atoms with E-state index in [4.69, 9.17) is 5.11 Å². The molecule has 0 bridgehead atoms. The van der Waals surface area contributed by atoms with Crippen LogP contribution in [0, 0.1) is 0 Å². The Morgan fingerprint density at radius 3 is 2.88 bits per heavy atom. The highest BCUT2D eigenvalue weighted by Gasteiger charge is 2.04. The number of nitrogens with one attached hydrogen (secondary N) is 1. The molecule has 0 atom stereocenters. The zero-order valence-corrected chi connectivity index (χ0v) is 10.0. The fraction of sp³-hybridized carbons (Fsp3) is 0.154. The van der Waals surface area contributed by atoms with Crippen LogP contribution in [0.4, 0.5) is 5.69 Å². The van der Waals surface area contributed by atoms with E-state index < -0.39 is 0 Å². The number of anilines is 1. The summed E-state index contributed by atoms with van der Waals surface area (Å²) in [6, 6.07) is 9.14. The van der Waals surface area contributed by atoms with Gasteiger partial charge >= 0.3 is 0 Å². The van der Waals surface area contributed by atoms with Crippen LogP contribution in [-0.2, 0) is 17.8 Å². The van der Waals surface area contributed by atoms with E-state index in [1.807, 2.05) is 35.0 Å². The van der Waals surface area contributed by atoms with Crippen molar-refractivity contribution in [2.45, 2.75) is 13.0 Å². The van der Waals surface area contributed by atoms with Gasteiger partial charge in [-0.15, -0.1) is 0 Å². The van der Waals surface area contributed by atoms with Gasteiger partial charge in [-0.2, -0.15) is 11.3 Å². The first-order valence-electron chi connectivity index (χ1n) is 5.28. The van der Waals surface area contributed by atoms with Gasteiger partial charge < -0.3 is 10.4 Å². The number of hydrogen-bond donors (Lipinski definition) is 2. The molecule has 17 heavy (non-hydrogen) atoms. The monoisotopic (exact) mass is 247 g/mol. The molecule has 2 N–H and O–H groups in total. The fourth-order valence-corrected chi connectivity index (χ4v) is 2.20. The normalized spacial score (nSPS) is 10.2. The number of hydrogen-bond acceptors (Lipinski definition) is 3. The average molecular weight is 247 g/mol. The van der Waals surface area contributed by atoms with Crippen molar-refractivity contribution in [3.8, 4) is 0 Å². The van der Waals surface area contributed by atoms with Crippen molar-refractivity contribution in [1.29, 1.82) is 0 Å². The first-order chi connectivity index (χ1) is 8.28. The van der Waals surface area contributed by atoms with Gasteiger partial charge in [0, 0.05) is 5.69 Å². The summed E-state index contributed by atoms with van der Waals surface area (Å²) in [7, 11) is 0. The number of thiophene rings is 1. The summed E-state index contributed by atoms with van der Waals surface area (Å²) >= 11 is 1.58. The van der Waals surface area contributed by atoms with Crippen LogP contribution in [0.25, 0.3) is 0 Å². The molecule has 0 spiro atoms. The van der Waals surface area contributed by atoms with E-state index in [0.717, 1.165) is 16.8 Å². The number of carbonyl (C=O) groups excluding carboxylic acids is 1. The van der Waals surface area contributed by atoms with Gasteiger partial charge in [-0.05, 0) is 40.1 Å². The molecule has 2 rings (SSSR count). The van der Waals surface area contributed by atoms with Gasteiger partial charge in [0.05, 0.1) is 13.0 Å². The molecule has 1 aromatic carbocycles. The average Bonchev–Trinajstić information content (AvgIpc) is 2.82. The molecule has 0 aliphatic rings. The highest BCUT2D eigenvalue weighted by Crippen LogP contribution is 2.12. The van der Waals surface area contributed by atoms with Gasteiger partial charge in [0.15, 0.2) is 0 Å². The first-order valence-corrected chi connectivity index (χ1v) is 6.23. The third-order valence-corrected chi connectivity index (χ3v) is 3.07. The van der Waals surface area contributed by atoms with Crippen molar-refractivity contribution in [1.82, 2.24) is 0 Å². The molecular formula is C13H13NO2S. The third kappa shape index (κ3) is 3.41. The maximum absolute atomic E-state index is 11.7. The minimum Gasteiger partial charge on any atom is -0.392 e. The predicted molar refractivity (Wildman–Crippen MR) is 69.0 cm³/mol. The van der Waals surface area contributed by atoms with Crippen LogP contribution in [0.2, 0.25) is 0 Å². The lowest BCUT2D eigenvalue weighted by molar-refractivity contribution is -0.115. The number of benzene rings is 1. The summed E-state index contributed by atoms with van der Waals surface area (Å²) in [4.78, 5) is 11.7. The fourth-order valence-electron chi connectivity index (χ4n) is 1.53. The number of aliphatic hydroxyl groups is 1. The topological polar surface area (TPSA) is 49.3 Å². The van der Waals surface area contributed by atoms with Crippen molar-refractivity contribution in [2.75, 3.05) is 5.32 Å². The summed E-state index contributed by atoms with van der Waals surface area (Å²) in [6.07, 6.45) is 0.382. The molecule has 3 nitrogen and oxygen atoms in total. The number of carbonyl (C=O) groups is 1. The Balaban J connectivity index is 1.98. The van der Waals surface area contributed by atoms with E-state index in [0.29, 0.717) is 6.42 Å². The molecular weight excluding hydrogens is 234 g/mol. The Bertz CT molecular complexity index is 494. The highest BCUT2D eigenvalue weighted by molar-refractivity contribution is 7.08.